The molecule has 1 aromatic carbocycles. The van der Waals surface area contributed by atoms with E-state index in [0.29, 0.717) is 11.5 Å². The smallest absolute Gasteiger partial charge is 0.150 e. The van der Waals surface area contributed by atoms with E-state index in [2.05, 4.69) is 38.3 Å². The normalized spacial score (nSPS) is 22.9. The fraction of sp³-hybridized carbons (Fsp3) is 0.600. The van der Waals surface area contributed by atoms with E-state index in [1.807, 2.05) is 0 Å². The van der Waals surface area contributed by atoms with Gasteiger partial charge in [0, 0.05) is 6.04 Å². The number of nitrogens with two attached hydrogens (primary N) is 1. The summed E-state index contributed by atoms with van der Waals surface area (Å²) in [5.74, 6) is 6.54. The van der Waals surface area contributed by atoms with E-state index >= 15 is 0 Å². The van der Waals surface area contributed by atoms with Gasteiger partial charge < -0.3 is 0 Å². The molecular weight excluding hydrogens is 272 g/mol. The first-order chi connectivity index (χ1) is 9.32. The van der Waals surface area contributed by atoms with E-state index in [1.165, 1.54) is 22.3 Å². The Hall–Kier alpha value is -0.910. The Labute approximate surface area is 121 Å². The van der Waals surface area contributed by atoms with E-state index in [9.17, 15) is 8.42 Å². The van der Waals surface area contributed by atoms with Crippen LogP contribution in [0.25, 0.3) is 0 Å². The Kier molecular flexibility index (Phi) is 4.52. The van der Waals surface area contributed by atoms with Crippen LogP contribution < -0.4 is 11.3 Å². The van der Waals surface area contributed by atoms with Gasteiger partial charge in [0.2, 0.25) is 0 Å². The van der Waals surface area contributed by atoms with Crippen LogP contribution in [-0.4, -0.2) is 19.9 Å². The summed E-state index contributed by atoms with van der Waals surface area (Å²) < 4.78 is 23.1. The molecular formula is C15H24N2O2S. The Balaban J connectivity index is 2.19. The standard InChI is InChI=1S/C15H24N2O2S/c1-10-6-12(3)14(7-11(10)2)15(17-16)8-13-4-5-20(18,19)9-13/h6-7,13,15,17H,4-5,8-9,16H2,1-3H3. The van der Waals surface area contributed by atoms with Gasteiger partial charge in [-0.05, 0) is 61.8 Å². The lowest BCUT2D eigenvalue weighted by atomic mass is 9.90. The third kappa shape index (κ3) is 3.40. The summed E-state index contributed by atoms with van der Waals surface area (Å²) >= 11 is 0. The molecule has 4 nitrogen and oxygen atoms in total. The molecule has 2 rings (SSSR count). The predicted octanol–water partition coefficient (Wildman–Crippen LogP) is 1.94. The summed E-state index contributed by atoms with van der Waals surface area (Å²) in [7, 11) is -2.83. The second-order valence-electron chi connectivity index (χ2n) is 6.02. The first-order valence-electron chi connectivity index (χ1n) is 7.06. The maximum atomic E-state index is 11.6. The van der Waals surface area contributed by atoms with E-state index in [0.717, 1.165) is 12.8 Å². The maximum Gasteiger partial charge on any atom is 0.150 e. The van der Waals surface area contributed by atoms with Crippen molar-refractivity contribution in [3.63, 3.8) is 0 Å². The minimum Gasteiger partial charge on any atom is -0.271 e. The van der Waals surface area contributed by atoms with Crippen LogP contribution in [0, 0.1) is 26.7 Å². The van der Waals surface area contributed by atoms with Gasteiger partial charge in [0.15, 0.2) is 9.84 Å². The van der Waals surface area contributed by atoms with Gasteiger partial charge in [-0.2, -0.15) is 0 Å². The third-order valence-electron chi connectivity index (χ3n) is 4.35. The monoisotopic (exact) mass is 296 g/mol. The van der Waals surface area contributed by atoms with Crippen molar-refractivity contribution < 1.29 is 8.42 Å². The average Bonchev–Trinajstić information content (AvgIpc) is 2.71. The SMILES string of the molecule is Cc1cc(C)c(C(CC2CCS(=O)(=O)C2)NN)cc1C. The molecule has 0 amide bonds. The zero-order chi connectivity index (χ0) is 14.9. The van der Waals surface area contributed by atoms with Crippen molar-refractivity contribution >= 4 is 9.84 Å². The van der Waals surface area contributed by atoms with Gasteiger partial charge in [-0.3, -0.25) is 11.3 Å². The number of hydrazine groups is 1. The minimum absolute atomic E-state index is 0.0209. The molecule has 1 aliphatic rings. The lowest BCUT2D eigenvalue weighted by Crippen LogP contribution is -2.30. The quantitative estimate of drug-likeness (QED) is 0.658. The second kappa shape index (κ2) is 5.84. The van der Waals surface area contributed by atoms with Crippen LogP contribution in [-0.2, 0) is 9.84 Å². The number of rotatable bonds is 4. The molecule has 20 heavy (non-hydrogen) atoms. The number of hydrogen-bond acceptors (Lipinski definition) is 4. The highest BCUT2D eigenvalue weighted by atomic mass is 32.2. The lowest BCUT2D eigenvalue weighted by molar-refractivity contribution is 0.420. The summed E-state index contributed by atoms with van der Waals surface area (Å²) in [6, 6.07) is 4.35. The predicted molar refractivity (Wildman–Crippen MR) is 82.1 cm³/mol. The zero-order valence-electron chi connectivity index (χ0n) is 12.4. The van der Waals surface area contributed by atoms with Gasteiger partial charge in [-0.25, -0.2) is 8.42 Å². The van der Waals surface area contributed by atoms with Crippen LogP contribution in [0.1, 0.15) is 41.1 Å². The summed E-state index contributed by atoms with van der Waals surface area (Å²) in [4.78, 5) is 0. The topological polar surface area (TPSA) is 72.2 Å². The number of benzene rings is 1. The minimum atomic E-state index is -2.83. The van der Waals surface area contributed by atoms with Crippen molar-refractivity contribution in [3.05, 3.63) is 34.4 Å². The number of hydrogen-bond donors (Lipinski definition) is 2. The molecule has 0 aliphatic carbocycles. The molecule has 0 aromatic heterocycles. The van der Waals surface area contributed by atoms with Crippen LogP contribution in [0.3, 0.4) is 0 Å². The number of sulfone groups is 1. The van der Waals surface area contributed by atoms with Crippen molar-refractivity contribution in [2.24, 2.45) is 11.8 Å². The fourth-order valence-corrected chi connectivity index (χ4v) is 4.91. The zero-order valence-corrected chi connectivity index (χ0v) is 13.3. The molecule has 1 aromatic rings. The van der Waals surface area contributed by atoms with Gasteiger partial charge >= 0.3 is 0 Å². The highest BCUT2D eigenvalue weighted by Gasteiger charge is 2.30. The molecule has 5 heteroatoms. The Morgan fingerprint density at radius 2 is 1.90 bits per heavy atom. The second-order valence-corrected chi connectivity index (χ2v) is 8.25. The van der Waals surface area contributed by atoms with Crippen LogP contribution >= 0.6 is 0 Å². The molecule has 1 aliphatic heterocycles. The molecule has 2 atom stereocenters. The fourth-order valence-electron chi connectivity index (χ4n) is 3.03. The first kappa shape index (κ1) is 15.5. The largest absolute Gasteiger partial charge is 0.271 e. The molecule has 1 heterocycles. The highest BCUT2D eigenvalue weighted by molar-refractivity contribution is 7.91. The van der Waals surface area contributed by atoms with Crippen LogP contribution in [0.4, 0.5) is 0 Å². The van der Waals surface area contributed by atoms with Crippen LogP contribution in [0.2, 0.25) is 0 Å². The van der Waals surface area contributed by atoms with E-state index in [4.69, 9.17) is 5.84 Å². The van der Waals surface area contributed by atoms with Gasteiger partial charge in [0.1, 0.15) is 0 Å². The van der Waals surface area contributed by atoms with Crippen LogP contribution in [0.5, 0.6) is 0 Å². The van der Waals surface area contributed by atoms with Gasteiger partial charge in [-0.15, -0.1) is 0 Å². The van der Waals surface area contributed by atoms with Crippen molar-refractivity contribution in [2.45, 2.75) is 39.7 Å². The first-order valence-corrected chi connectivity index (χ1v) is 8.89. The van der Waals surface area contributed by atoms with Gasteiger partial charge in [-0.1, -0.05) is 12.1 Å². The van der Waals surface area contributed by atoms with Crippen molar-refractivity contribution in [2.75, 3.05) is 11.5 Å². The van der Waals surface area contributed by atoms with Crippen LogP contribution in [0.15, 0.2) is 12.1 Å². The molecule has 0 bridgehead atoms. The van der Waals surface area contributed by atoms with E-state index in [-0.39, 0.29) is 12.0 Å². The molecule has 0 spiro atoms. The highest BCUT2D eigenvalue weighted by Crippen LogP contribution is 2.31. The molecule has 112 valence electrons. The molecule has 0 radical (unpaired) electrons. The van der Waals surface area contributed by atoms with Gasteiger partial charge in [0.25, 0.3) is 0 Å². The average molecular weight is 296 g/mol. The van der Waals surface area contributed by atoms with Gasteiger partial charge in [0.05, 0.1) is 11.5 Å². The summed E-state index contributed by atoms with van der Waals surface area (Å²) in [6.07, 6.45) is 1.53. The maximum absolute atomic E-state index is 11.6. The van der Waals surface area contributed by atoms with Crippen molar-refractivity contribution in [3.8, 4) is 0 Å². The number of aryl methyl sites for hydroxylation is 3. The summed E-state index contributed by atoms with van der Waals surface area (Å²) in [6.45, 7) is 6.27. The Bertz CT molecular complexity index is 596. The molecule has 1 fully saturated rings. The van der Waals surface area contributed by atoms with Crippen molar-refractivity contribution in [1.82, 2.24) is 5.43 Å². The van der Waals surface area contributed by atoms with E-state index < -0.39 is 9.84 Å². The molecule has 0 saturated carbocycles. The van der Waals surface area contributed by atoms with Crippen molar-refractivity contribution in [1.29, 1.82) is 0 Å². The molecule has 3 N–H and O–H groups in total. The van der Waals surface area contributed by atoms with E-state index in [1.54, 1.807) is 0 Å². The molecule has 1 saturated heterocycles. The number of nitrogens with one attached hydrogen (secondary N) is 1. The Morgan fingerprint density at radius 3 is 2.45 bits per heavy atom. The Morgan fingerprint density at radius 1 is 1.25 bits per heavy atom. The summed E-state index contributed by atoms with van der Waals surface area (Å²) in [5, 5.41) is 0. The molecule has 2 unspecified atom stereocenters. The third-order valence-corrected chi connectivity index (χ3v) is 6.19. The summed E-state index contributed by atoms with van der Waals surface area (Å²) in [5.41, 5.74) is 7.76. The lowest BCUT2D eigenvalue weighted by Gasteiger charge is -2.22.